The third-order valence-corrected chi connectivity index (χ3v) is 5.90. The number of likely N-dealkylation sites (N-methyl/N-ethyl adjacent to an activating group) is 2. The van der Waals surface area contributed by atoms with Gasteiger partial charge in [-0.05, 0) is 38.3 Å². The van der Waals surface area contributed by atoms with E-state index in [0.717, 1.165) is 24.6 Å². The van der Waals surface area contributed by atoms with Crippen LogP contribution in [-0.2, 0) is 6.54 Å². The van der Waals surface area contributed by atoms with E-state index in [2.05, 4.69) is 37.6 Å². The highest BCUT2D eigenvalue weighted by Crippen LogP contribution is 2.32. The molecule has 1 aliphatic heterocycles. The summed E-state index contributed by atoms with van der Waals surface area (Å²) in [4.78, 5) is 11.1. The Balaban J connectivity index is 2.08. The number of nitrogens with zero attached hydrogens (tertiary/aromatic N) is 3. The maximum atomic E-state index is 5.91. The van der Waals surface area contributed by atoms with Gasteiger partial charge in [-0.25, -0.2) is 4.98 Å². The normalized spacial score (nSPS) is 20.9. The quantitative estimate of drug-likeness (QED) is 0.841. The number of hydrogen-bond acceptors (Lipinski definition) is 5. The third kappa shape index (κ3) is 3.76. The molecule has 5 heteroatoms. The maximum Gasteiger partial charge on any atom is 0.185 e. The molecule has 2 N–H and O–H groups in total. The van der Waals surface area contributed by atoms with Crippen LogP contribution < -0.4 is 10.6 Å². The predicted molar refractivity (Wildman–Crippen MR) is 92.3 cm³/mol. The fraction of sp³-hybridized carbons (Fsp3) is 0.812. The Morgan fingerprint density at radius 3 is 2.86 bits per heavy atom. The van der Waals surface area contributed by atoms with Crippen molar-refractivity contribution in [1.82, 2.24) is 9.88 Å². The summed E-state index contributed by atoms with van der Waals surface area (Å²) in [5, 5.41) is 1.13. The highest BCUT2D eigenvalue weighted by Gasteiger charge is 2.25. The first-order valence-corrected chi connectivity index (χ1v) is 9.07. The summed E-state index contributed by atoms with van der Waals surface area (Å²) in [6.07, 6.45) is 3.76. The largest absolute Gasteiger partial charge is 0.350 e. The lowest BCUT2D eigenvalue weighted by molar-refractivity contribution is 0.270. The van der Waals surface area contributed by atoms with Crippen LogP contribution in [0.25, 0.3) is 0 Å². The lowest BCUT2D eigenvalue weighted by Crippen LogP contribution is -2.38. The molecular weight excluding hydrogens is 280 g/mol. The van der Waals surface area contributed by atoms with E-state index in [1.165, 1.54) is 30.0 Å². The molecule has 0 saturated carbocycles. The first kappa shape index (κ1) is 16.7. The van der Waals surface area contributed by atoms with Crippen LogP contribution in [-0.4, -0.2) is 42.6 Å². The topological polar surface area (TPSA) is 45.4 Å². The molecular formula is C16H30N4S. The van der Waals surface area contributed by atoms with Crippen LogP contribution in [0.15, 0.2) is 0 Å². The molecule has 0 aliphatic carbocycles. The molecule has 0 bridgehead atoms. The number of likely N-dealkylation sites (tertiary alicyclic amines) is 1. The van der Waals surface area contributed by atoms with E-state index < -0.39 is 0 Å². The first-order chi connectivity index (χ1) is 10.1. The van der Waals surface area contributed by atoms with E-state index in [-0.39, 0.29) is 0 Å². The molecule has 0 amide bonds. The zero-order valence-electron chi connectivity index (χ0n) is 13.9. The van der Waals surface area contributed by atoms with Crippen LogP contribution in [0.1, 0.15) is 56.5 Å². The van der Waals surface area contributed by atoms with E-state index >= 15 is 0 Å². The Kier molecular flexibility index (Phi) is 6.02. The van der Waals surface area contributed by atoms with Gasteiger partial charge in [-0.2, -0.15) is 0 Å². The van der Waals surface area contributed by atoms with Crippen molar-refractivity contribution in [3.05, 3.63) is 10.6 Å². The monoisotopic (exact) mass is 310 g/mol. The third-order valence-electron chi connectivity index (χ3n) is 4.70. The van der Waals surface area contributed by atoms with E-state index in [1.807, 2.05) is 0 Å². The van der Waals surface area contributed by atoms with Crippen molar-refractivity contribution in [1.29, 1.82) is 0 Å². The van der Waals surface area contributed by atoms with Crippen molar-refractivity contribution in [3.63, 3.8) is 0 Å². The Labute approximate surface area is 133 Å². The van der Waals surface area contributed by atoms with Gasteiger partial charge in [0.05, 0.1) is 5.69 Å². The Morgan fingerprint density at radius 1 is 1.48 bits per heavy atom. The number of rotatable bonds is 7. The van der Waals surface area contributed by atoms with Gasteiger partial charge >= 0.3 is 0 Å². The van der Waals surface area contributed by atoms with Crippen molar-refractivity contribution in [2.24, 2.45) is 5.73 Å². The molecule has 2 heterocycles. The molecule has 1 fully saturated rings. The van der Waals surface area contributed by atoms with Crippen molar-refractivity contribution in [3.8, 4) is 0 Å². The molecule has 2 atom stereocenters. The fourth-order valence-electron chi connectivity index (χ4n) is 3.15. The van der Waals surface area contributed by atoms with Crippen LogP contribution in [0.5, 0.6) is 0 Å². The molecule has 0 radical (unpaired) electrons. The van der Waals surface area contributed by atoms with Gasteiger partial charge in [-0.15, -0.1) is 11.3 Å². The number of nitrogens with two attached hydrogens (primary N) is 1. The standard InChI is InChI=1S/C16H30N4S/c1-5-12(3)15-14(10-17)21-16(18-15)19(4)11-13-8-7-9-20(13)6-2/h12-13H,5-11,17H2,1-4H3. The fourth-order valence-corrected chi connectivity index (χ4v) is 4.18. The van der Waals surface area contributed by atoms with E-state index in [1.54, 1.807) is 11.3 Å². The van der Waals surface area contributed by atoms with E-state index in [4.69, 9.17) is 10.7 Å². The molecule has 21 heavy (non-hydrogen) atoms. The minimum atomic E-state index is 0.501. The van der Waals surface area contributed by atoms with Gasteiger partial charge in [0.25, 0.3) is 0 Å². The van der Waals surface area contributed by atoms with Gasteiger partial charge in [0, 0.05) is 31.1 Å². The molecule has 0 spiro atoms. The zero-order valence-corrected chi connectivity index (χ0v) is 14.7. The summed E-state index contributed by atoms with van der Waals surface area (Å²) in [6, 6.07) is 0.678. The predicted octanol–water partition coefficient (Wildman–Crippen LogP) is 3.04. The second-order valence-electron chi connectivity index (χ2n) is 6.12. The SMILES string of the molecule is CCC(C)c1nc(N(C)CC2CCCN2CC)sc1CN. The lowest BCUT2D eigenvalue weighted by atomic mass is 10.0. The van der Waals surface area contributed by atoms with E-state index in [0.29, 0.717) is 18.5 Å². The molecule has 1 aromatic heterocycles. The van der Waals surface area contributed by atoms with Crippen molar-refractivity contribution in [2.45, 2.75) is 58.5 Å². The summed E-state index contributed by atoms with van der Waals surface area (Å²) in [5.74, 6) is 0.501. The van der Waals surface area contributed by atoms with Crippen molar-refractivity contribution >= 4 is 16.5 Å². The highest BCUT2D eigenvalue weighted by atomic mass is 32.1. The van der Waals surface area contributed by atoms with Gasteiger partial charge in [-0.3, -0.25) is 4.90 Å². The molecule has 0 aromatic carbocycles. The molecule has 120 valence electrons. The number of anilines is 1. The smallest absolute Gasteiger partial charge is 0.185 e. The Bertz CT molecular complexity index is 445. The lowest BCUT2D eigenvalue weighted by Gasteiger charge is -2.27. The van der Waals surface area contributed by atoms with Crippen LogP contribution in [0, 0.1) is 0 Å². The molecule has 1 saturated heterocycles. The highest BCUT2D eigenvalue weighted by molar-refractivity contribution is 7.15. The van der Waals surface area contributed by atoms with Crippen LogP contribution in [0.2, 0.25) is 0 Å². The van der Waals surface area contributed by atoms with Crippen LogP contribution >= 0.6 is 11.3 Å². The second kappa shape index (κ2) is 7.56. The Hall–Kier alpha value is -0.650. The molecule has 2 rings (SSSR count). The summed E-state index contributed by atoms with van der Waals surface area (Å²) in [6.45, 7) is 10.8. The summed E-state index contributed by atoms with van der Waals surface area (Å²) < 4.78 is 0. The van der Waals surface area contributed by atoms with Crippen molar-refractivity contribution < 1.29 is 0 Å². The average Bonchev–Trinajstić information content (AvgIpc) is 3.12. The number of aromatic nitrogens is 1. The number of hydrogen-bond donors (Lipinski definition) is 1. The minimum Gasteiger partial charge on any atom is -0.350 e. The molecule has 2 unspecified atom stereocenters. The van der Waals surface area contributed by atoms with Gasteiger partial charge < -0.3 is 10.6 Å². The van der Waals surface area contributed by atoms with Crippen molar-refractivity contribution in [2.75, 3.05) is 31.6 Å². The average molecular weight is 311 g/mol. The van der Waals surface area contributed by atoms with E-state index in [9.17, 15) is 0 Å². The van der Waals surface area contributed by atoms with Crippen LogP contribution in [0.3, 0.4) is 0 Å². The minimum absolute atomic E-state index is 0.501. The second-order valence-corrected chi connectivity index (χ2v) is 7.19. The zero-order chi connectivity index (χ0) is 15.4. The van der Waals surface area contributed by atoms with Gasteiger partial charge in [0.1, 0.15) is 0 Å². The first-order valence-electron chi connectivity index (χ1n) is 8.25. The molecule has 1 aromatic rings. The maximum absolute atomic E-state index is 5.91. The summed E-state index contributed by atoms with van der Waals surface area (Å²) >= 11 is 1.77. The van der Waals surface area contributed by atoms with Gasteiger partial charge in [-0.1, -0.05) is 20.8 Å². The number of thiazole rings is 1. The summed E-state index contributed by atoms with van der Waals surface area (Å²) in [7, 11) is 2.17. The Morgan fingerprint density at radius 2 is 2.24 bits per heavy atom. The molecule has 4 nitrogen and oxygen atoms in total. The van der Waals surface area contributed by atoms with Gasteiger partial charge in [0.15, 0.2) is 5.13 Å². The summed E-state index contributed by atoms with van der Waals surface area (Å²) in [5.41, 5.74) is 7.12. The van der Waals surface area contributed by atoms with Crippen LogP contribution in [0.4, 0.5) is 5.13 Å². The molecule has 1 aliphatic rings. The van der Waals surface area contributed by atoms with Gasteiger partial charge in [0.2, 0.25) is 0 Å².